The van der Waals surface area contributed by atoms with E-state index >= 15 is 0 Å². The molecule has 2 N–H and O–H groups in total. The maximum atomic E-state index is 5.81. The summed E-state index contributed by atoms with van der Waals surface area (Å²) in [6.07, 6.45) is 3.99. The molecule has 0 bridgehead atoms. The third kappa shape index (κ3) is 2.96. The Morgan fingerprint density at radius 3 is 2.31 bits per heavy atom. The molecule has 2 nitrogen and oxygen atoms in total. The Kier molecular flexibility index (Phi) is 3.74. The van der Waals surface area contributed by atoms with E-state index in [1.54, 1.807) is 0 Å². The van der Waals surface area contributed by atoms with Crippen LogP contribution in [0.5, 0.6) is 0 Å². The summed E-state index contributed by atoms with van der Waals surface area (Å²) in [5.41, 5.74) is 6.15. The topological polar surface area (TPSA) is 29.3 Å². The summed E-state index contributed by atoms with van der Waals surface area (Å²) in [6.45, 7) is 9.98. The lowest BCUT2D eigenvalue weighted by molar-refractivity contribution is 0.163. The Morgan fingerprint density at radius 1 is 1.38 bits per heavy atom. The van der Waals surface area contributed by atoms with E-state index in [9.17, 15) is 0 Å². The van der Waals surface area contributed by atoms with Gasteiger partial charge in [-0.2, -0.15) is 0 Å². The van der Waals surface area contributed by atoms with Crippen LogP contribution in [0.25, 0.3) is 0 Å². The molecular formula is C11H24N2. The Labute approximate surface area is 82.5 Å². The van der Waals surface area contributed by atoms with Crippen molar-refractivity contribution in [3.8, 4) is 0 Å². The van der Waals surface area contributed by atoms with E-state index in [4.69, 9.17) is 5.73 Å². The average Bonchev–Trinajstić information content (AvgIpc) is 2.97. The van der Waals surface area contributed by atoms with Crippen LogP contribution >= 0.6 is 0 Å². The van der Waals surface area contributed by atoms with Crippen LogP contribution in [0.2, 0.25) is 0 Å². The molecule has 1 fully saturated rings. The van der Waals surface area contributed by atoms with Gasteiger partial charge in [0, 0.05) is 12.6 Å². The SMILES string of the molecule is CCN(CC(C)(CC)CN)C1CC1. The first-order valence-electron chi connectivity index (χ1n) is 5.59. The number of hydrogen-bond donors (Lipinski definition) is 1. The maximum absolute atomic E-state index is 5.81. The first-order chi connectivity index (χ1) is 6.15. The molecule has 0 spiro atoms. The van der Waals surface area contributed by atoms with Crippen LogP contribution in [0.4, 0.5) is 0 Å². The molecule has 0 aromatic heterocycles. The highest BCUT2D eigenvalue weighted by Crippen LogP contribution is 2.30. The van der Waals surface area contributed by atoms with Gasteiger partial charge in [-0.3, -0.25) is 0 Å². The highest BCUT2D eigenvalue weighted by Gasteiger charge is 2.32. The molecule has 0 heterocycles. The zero-order valence-electron chi connectivity index (χ0n) is 9.34. The molecule has 1 unspecified atom stereocenters. The quantitative estimate of drug-likeness (QED) is 0.682. The summed E-state index contributed by atoms with van der Waals surface area (Å²) < 4.78 is 0. The van der Waals surface area contributed by atoms with Crippen LogP contribution in [0.1, 0.15) is 40.0 Å². The van der Waals surface area contributed by atoms with Gasteiger partial charge < -0.3 is 10.6 Å². The molecule has 13 heavy (non-hydrogen) atoms. The summed E-state index contributed by atoms with van der Waals surface area (Å²) in [5, 5.41) is 0. The number of nitrogens with two attached hydrogens (primary N) is 1. The van der Waals surface area contributed by atoms with Gasteiger partial charge in [-0.05, 0) is 37.8 Å². The highest BCUT2D eigenvalue weighted by molar-refractivity contribution is 4.88. The fraction of sp³-hybridized carbons (Fsp3) is 1.00. The van der Waals surface area contributed by atoms with Crippen LogP contribution in [0.15, 0.2) is 0 Å². The fourth-order valence-electron chi connectivity index (χ4n) is 1.75. The van der Waals surface area contributed by atoms with Crippen molar-refractivity contribution in [3.05, 3.63) is 0 Å². The summed E-state index contributed by atoms with van der Waals surface area (Å²) in [7, 11) is 0. The zero-order chi connectivity index (χ0) is 9.90. The van der Waals surface area contributed by atoms with E-state index in [1.165, 1.54) is 32.4 Å². The van der Waals surface area contributed by atoms with Gasteiger partial charge in [-0.25, -0.2) is 0 Å². The van der Waals surface area contributed by atoms with Gasteiger partial charge in [0.15, 0.2) is 0 Å². The van der Waals surface area contributed by atoms with Crippen molar-refractivity contribution in [1.82, 2.24) is 4.90 Å². The van der Waals surface area contributed by atoms with E-state index in [2.05, 4.69) is 25.7 Å². The molecule has 0 amide bonds. The second-order valence-corrected chi connectivity index (χ2v) is 4.66. The molecule has 0 radical (unpaired) electrons. The minimum Gasteiger partial charge on any atom is -0.330 e. The van der Waals surface area contributed by atoms with Crippen LogP contribution in [0, 0.1) is 5.41 Å². The van der Waals surface area contributed by atoms with Crippen LogP contribution in [-0.2, 0) is 0 Å². The van der Waals surface area contributed by atoms with Gasteiger partial charge >= 0.3 is 0 Å². The Hall–Kier alpha value is -0.0800. The first-order valence-corrected chi connectivity index (χ1v) is 5.59. The fourth-order valence-corrected chi connectivity index (χ4v) is 1.75. The first kappa shape index (κ1) is 11.0. The number of nitrogens with zero attached hydrogens (tertiary/aromatic N) is 1. The van der Waals surface area contributed by atoms with Crippen molar-refractivity contribution in [2.24, 2.45) is 11.1 Å². The van der Waals surface area contributed by atoms with E-state index in [0.29, 0.717) is 5.41 Å². The summed E-state index contributed by atoms with van der Waals surface area (Å²) in [6, 6.07) is 0.877. The minimum absolute atomic E-state index is 0.332. The smallest absolute Gasteiger partial charge is 0.00965 e. The molecule has 1 aliphatic rings. The number of hydrogen-bond acceptors (Lipinski definition) is 2. The van der Waals surface area contributed by atoms with Crippen molar-refractivity contribution in [2.45, 2.75) is 46.1 Å². The van der Waals surface area contributed by atoms with Gasteiger partial charge in [-0.15, -0.1) is 0 Å². The lowest BCUT2D eigenvalue weighted by Crippen LogP contribution is -2.41. The summed E-state index contributed by atoms with van der Waals surface area (Å²) in [4.78, 5) is 2.59. The van der Waals surface area contributed by atoms with E-state index in [1.807, 2.05) is 0 Å². The Morgan fingerprint density at radius 2 is 2.00 bits per heavy atom. The lowest BCUT2D eigenvalue weighted by atomic mass is 9.87. The van der Waals surface area contributed by atoms with E-state index in [-0.39, 0.29) is 0 Å². The maximum Gasteiger partial charge on any atom is 0.00965 e. The molecule has 1 aliphatic carbocycles. The van der Waals surface area contributed by atoms with Crippen LogP contribution in [-0.4, -0.2) is 30.6 Å². The molecule has 78 valence electrons. The van der Waals surface area contributed by atoms with Gasteiger partial charge in [-0.1, -0.05) is 20.8 Å². The van der Waals surface area contributed by atoms with Gasteiger partial charge in [0.25, 0.3) is 0 Å². The lowest BCUT2D eigenvalue weighted by Gasteiger charge is -2.33. The van der Waals surface area contributed by atoms with E-state index in [0.717, 1.165) is 12.6 Å². The molecule has 1 atom stereocenters. The molecule has 1 rings (SSSR count). The monoisotopic (exact) mass is 184 g/mol. The molecule has 1 saturated carbocycles. The van der Waals surface area contributed by atoms with Gasteiger partial charge in [0.2, 0.25) is 0 Å². The molecular weight excluding hydrogens is 160 g/mol. The largest absolute Gasteiger partial charge is 0.330 e. The summed E-state index contributed by atoms with van der Waals surface area (Å²) >= 11 is 0. The van der Waals surface area contributed by atoms with Gasteiger partial charge in [0.05, 0.1) is 0 Å². The van der Waals surface area contributed by atoms with Crippen molar-refractivity contribution < 1.29 is 0 Å². The Balaban J connectivity index is 2.42. The predicted molar refractivity (Wildman–Crippen MR) is 57.7 cm³/mol. The molecule has 0 aromatic rings. The summed E-state index contributed by atoms with van der Waals surface area (Å²) in [5.74, 6) is 0. The van der Waals surface area contributed by atoms with Crippen LogP contribution < -0.4 is 5.73 Å². The predicted octanol–water partition coefficient (Wildman–Crippen LogP) is 1.85. The normalized spacial score (nSPS) is 21.9. The highest BCUT2D eigenvalue weighted by atomic mass is 15.2. The van der Waals surface area contributed by atoms with E-state index < -0.39 is 0 Å². The number of rotatable bonds is 6. The molecule has 0 aliphatic heterocycles. The third-order valence-corrected chi connectivity index (χ3v) is 3.40. The van der Waals surface area contributed by atoms with Crippen LogP contribution in [0.3, 0.4) is 0 Å². The van der Waals surface area contributed by atoms with Gasteiger partial charge in [0.1, 0.15) is 0 Å². The standard InChI is InChI=1S/C11H24N2/c1-4-11(3,8-12)9-13(5-2)10-6-7-10/h10H,4-9,12H2,1-3H3. The second kappa shape index (κ2) is 4.43. The second-order valence-electron chi connectivity index (χ2n) is 4.66. The zero-order valence-corrected chi connectivity index (χ0v) is 9.34. The minimum atomic E-state index is 0.332. The van der Waals surface area contributed by atoms with Crippen molar-refractivity contribution >= 4 is 0 Å². The third-order valence-electron chi connectivity index (χ3n) is 3.40. The van der Waals surface area contributed by atoms with Crippen molar-refractivity contribution in [2.75, 3.05) is 19.6 Å². The molecule has 0 aromatic carbocycles. The molecule has 2 heteroatoms. The average molecular weight is 184 g/mol. The Bertz CT molecular complexity index is 148. The van der Waals surface area contributed by atoms with Crippen molar-refractivity contribution in [3.63, 3.8) is 0 Å². The molecule has 0 saturated heterocycles. The van der Waals surface area contributed by atoms with Crippen molar-refractivity contribution in [1.29, 1.82) is 0 Å².